The lowest BCUT2D eigenvalue weighted by molar-refractivity contribution is 0.134. The van der Waals surface area contributed by atoms with Crippen LogP contribution in [0, 0.1) is 11.6 Å². The van der Waals surface area contributed by atoms with Gasteiger partial charge in [-0.25, -0.2) is 18.6 Å². The van der Waals surface area contributed by atoms with E-state index < -0.39 is 23.4 Å². The molecule has 1 fully saturated rings. The Morgan fingerprint density at radius 1 is 1.11 bits per heavy atom. The number of methoxy groups -OCH3 is 1. The maximum atomic E-state index is 15.4. The van der Waals surface area contributed by atoms with Crippen molar-refractivity contribution in [3.8, 4) is 11.5 Å². The summed E-state index contributed by atoms with van der Waals surface area (Å²) in [6, 6.07) is 0.740. The normalized spacial score (nSPS) is 16.9. The molecule has 2 aromatic rings. The molecule has 2 amide bonds. The summed E-state index contributed by atoms with van der Waals surface area (Å²) in [4.78, 5) is 24.6. The lowest BCUT2D eigenvalue weighted by Gasteiger charge is -2.36. The summed E-state index contributed by atoms with van der Waals surface area (Å²) in [5.41, 5.74) is 7.01. The average molecular weight is 505 g/mol. The number of anilines is 3. The fraction of sp³-hybridized carbons (Fsp3) is 0.520. The minimum atomic E-state index is -0.924. The summed E-state index contributed by atoms with van der Waals surface area (Å²) < 4.78 is 41.9. The van der Waals surface area contributed by atoms with Gasteiger partial charge in [-0.1, -0.05) is 13.3 Å². The number of halogens is 2. The molecule has 36 heavy (non-hydrogen) atoms. The predicted octanol–water partition coefficient (Wildman–Crippen LogP) is 3.11. The quantitative estimate of drug-likeness (QED) is 0.591. The van der Waals surface area contributed by atoms with E-state index in [9.17, 15) is 4.79 Å². The molecule has 9 nitrogen and oxygen atoms in total. The third-order valence-electron chi connectivity index (χ3n) is 6.77. The van der Waals surface area contributed by atoms with Gasteiger partial charge in [0.15, 0.2) is 29.0 Å². The van der Waals surface area contributed by atoms with E-state index in [-0.39, 0.29) is 23.7 Å². The second kappa shape index (κ2) is 10.8. The number of ether oxygens (including phenoxy) is 2. The number of urea groups is 1. The monoisotopic (exact) mass is 504 g/mol. The van der Waals surface area contributed by atoms with E-state index in [2.05, 4.69) is 21.8 Å². The molecule has 0 radical (unpaired) electrons. The van der Waals surface area contributed by atoms with Crippen LogP contribution < -0.4 is 25.0 Å². The van der Waals surface area contributed by atoms with Gasteiger partial charge in [0, 0.05) is 51.5 Å². The number of carbonyl (C=O) groups is 1. The number of aromatic nitrogens is 1. The van der Waals surface area contributed by atoms with Crippen molar-refractivity contribution in [2.75, 3.05) is 76.1 Å². The van der Waals surface area contributed by atoms with Crippen LogP contribution >= 0.6 is 0 Å². The molecule has 196 valence electrons. The smallest absolute Gasteiger partial charge is 0.329 e. The molecular formula is C25H34F2N6O3. The van der Waals surface area contributed by atoms with E-state index in [1.165, 1.54) is 31.3 Å². The minimum absolute atomic E-state index is 0.0901. The molecule has 0 atom stereocenters. The molecule has 1 aromatic heterocycles. The second-order valence-corrected chi connectivity index (χ2v) is 9.23. The van der Waals surface area contributed by atoms with E-state index in [1.807, 2.05) is 6.92 Å². The Bertz CT molecular complexity index is 1120. The van der Waals surface area contributed by atoms with E-state index in [0.717, 1.165) is 31.1 Å². The number of amides is 2. The van der Waals surface area contributed by atoms with Crippen LogP contribution in [0.5, 0.6) is 11.5 Å². The fourth-order valence-corrected chi connectivity index (χ4v) is 4.68. The summed E-state index contributed by atoms with van der Waals surface area (Å²) in [5, 5.41) is 0. The number of hydrogen-bond acceptors (Lipinski definition) is 7. The van der Waals surface area contributed by atoms with Crippen LogP contribution in [0.15, 0.2) is 12.3 Å². The SMILES string of the molecule is CCCc1cc(OC)c(F)c(N2Cc3cnc(N)c(OCCN4CCN(C)CC4)c3N(C)C2=O)c1F. The Morgan fingerprint density at radius 2 is 1.83 bits per heavy atom. The molecule has 1 aromatic carbocycles. The first-order valence-corrected chi connectivity index (χ1v) is 12.2. The summed E-state index contributed by atoms with van der Waals surface area (Å²) in [6.07, 6.45) is 2.55. The van der Waals surface area contributed by atoms with Gasteiger partial charge < -0.3 is 20.1 Å². The number of fused-ring (bicyclic) bond motifs is 1. The first-order chi connectivity index (χ1) is 17.3. The number of nitrogen functional groups attached to an aromatic ring is 1. The van der Waals surface area contributed by atoms with Crippen molar-refractivity contribution in [2.24, 2.45) is 0 Å². The Hall–Kier alpha value is -3.18. The lowest BCUT2D eigenvalue weighted by atomic mass is 10.0. The highest BCUT2D eigenvalue weighted by Crippen LogP contribution is 2.43. The van der Waals surface area contributed by atoms with Crippen LogP contribution in [0.4, 0.5) is 30.8 Å². The number of nitrogens with zero attached hydrogens (tertiary/aromatic N) is 5. The van der Waals surface area contributed by atoms with Crippen LogP contribution in [0.2, 0.25) is 0 Å². The Labute approximate surface area is 210 Å². The molecule has 11 heteroatoms. The summed E-state index contributed by atoms with van der Waals surface area (Å²) in [5.74, 6) is -1.35. The minimum Gasteiger partial charge on any atom is -0.494 e. The van der Waals surface area contributed by atoms with Gasteiger partial charge in [-0.3, -0.25) is 14.7 Å². The van der Waals surface area contributed by atoms with Gasteiger partial charge >= 0.3 is 6.03 Å². The topological polar surface area (TPSA) is 87.4 Å². The first kappa shape index (κ1) is 25.9. The van der Waals surface area contributed by atoms with Crippen LogP contribution in [0.3, 0.4) is 0 Å². The molecule has 1 saturated heterocycles. The Balaban J connectivity index is 1.62. The number of likely N-dealkylation sites (N-methyl/N-ethyl adjacent to an activating group) is 1. The van der Waals surface area contributed by atoms with E-state index in [1.54, 1.807) is 0 Å². The van der Waals surface area contributed by atoms with E-state index in [4.69, 9.17) is 15.2 Å². The Morgan fingerprint density at radius 3 is 2.50 bits per heavy atom. The van der Waals surface area contributed by atoms with Crippen LogP contribution in [-0.4, -0.2) is 81.4 Å². The van der Waals surface area contributed by atoms with Crippen LogP contribution in [-0.2, 0) is 13.0 Å². The molecule has 2 aliphatic heterocycles. The maximum absolute atomic E-state index is 15.4. The van der Waals surface area contributed by atoms with Crippen molar-refractivity contribution in [1.82, 2.24) is 14.8 Å². The largest absolute Gasteiger partial charge is 0.494 e. The van der Waals surface area contributed by atoms with Gasteiger partial charge in [0.2, 0.25) is 0 Å². The number of hydrogen-bond donors (Lipinski definition) is 1. The van der Waals surface area contributed by atoms with Crippen LogP contribution in [0.1, 0.15) is 24.5 Å². The standard InChI is InChI=1S/C25H34F2N6O3/c1-5-6-16-13-18(35-4)20(27)22(19(16)26)33-15-17-14-29-24(28)23(21(17)31(3)25(33)34)36-12-11-32-9-7-30(2)8-10-32/h13-14H,5-12,15H2,1-4H3,(H2,28,29). The van der Waals surface area contributed by atoms with Crippen molar-refractivity contribution in [2.45, 2.75) is 26.3 Å². The molecule has 0 spiro atoms. The number of piperazine rings is 1. The van der Waals surface area contributed by atoms with Crippen molar-refractivity contribution in [3.63, 3.8) is 0 Å². The van der Waals surface area contributed by atoms with Crippen molar-refractivity contribution in [1.29, 1.82) is 0 Å². The molecule has 4 rings (SSSR count). The zero-order valence-corrected chi connectivity index (χ0v) is 21.3. The average Bonchev–Trinajstić information content (AvgIpc) is 2.86. The first-order valence-electron chi connectivity index (χ1n) is 12.2. The fourth-order valence-electron chi connectivity index (χ4n) is 4.68. The van der Waals surface area contributed by atoms with Gasteiger partial charge in [-0.15, -0.1) is 0 Å². The highest BCUT2D eigenvalue weighted by molar-refractivity contribution is 6.07. The molecule has 0 unspecified atom stereocenters. The van der Waals surface area contributed by atoms with E-state index in [0.29, 0.717) is 43.0 Å². The number of benzene rings is 1. The van der Waals surface area contributed by atoms with E-state index >= 15 is 8.78 Å². The van der Waals surface area contributed by atoms with Gasteiger partial charge in [0.1, 0.15) is 12.3 Å². The third kappa shape index (κ3) is 4.90. The highest BCUT2D eigenvalue weighted by atomic mass is 19.1. The molecular weight excluding hydrogens is 470 g/mol. The van der Waals surface area contributed by atoms with Gasteiger partial charge in [0.05, 0.1) is 19.3 Å². The molecule has 2 N–H and O–H groups in total. The molecule has 0 saturated carbocycles. The molecule has 0 aliphatic carbocycles. The van der Waals surface area contributed by atoms with Crippen molar-refractivity contribution >= 4 is 23.2 Å². The Kier molecular flexibility index (Phi) is 7.79. The zero-order valence-electron chi connectivity index (χ0n) is 21.3. The van der Waals surface area contributed by atoms with Crippen molar-refractivity contribution in [3.05, 3.63) is 35.0 Å². The zero-order chi connectivity index (χ0) is 26.0. The summed E-state index contributed by atoms with van der Waals surface area (Å²) >= 11 is 0. The maximum Gasteiger partial charge on any atom is 0.329 e. The summed E-state index contributed by atoms with van der Waals surface area (Å²) in [7, 11) is 4.94. The predicted molar refractivity (Wildman–Crippen MR) is 135 cm³/mol. The number of rotatable bonds is 8. The lowest BCUT2D eigenvalue weighted by Crippen LogP contribution is -2.47. The van der Waals surface area contributed by atoms with Crippen molar-refractivity contribution < 1.29 is 23.0 Å². The highest BCUT2D eigenvalue weighted by Gasteiger charge is 2.37. The summed E-state index contributed by atoms with van der Waals surface area (Å²) in [6.45, 7) is 6.78. The number of carbonyl (C=O) groups excluding carboxylic acids is 1. The number of pyridine rings is 1. The third-order valence-corrected chi connectivity index (χ3v) is 6.77. The number of aryl methyl sites for hydroxylation is 1. The molecule has 3 heterocycles. The molecule has 0 bridgehead atoms. The second-order valence-electron chi connectivity index (χ2n) is 9.23. The van der Waals surface area contributed by atoms with Gasteiger partial charge in [0.25, 0.3) is 0 Å². The number of nitrogens with two attached hydrogens (primary N) is 1. The van der Waals surface area contributed by atoms with Gasteiger partial charge in [-0.05, 0) is 25.1 Å². The molecule has 2 aliphatic rings. The van der Waals surface area contributed by atoms with Crippen LogP contribution in [0.25, 0.3) is 0 Å². The van der Waals surface area contributed by atoms with Gasteiger partial charge in [-0.2, -0.15) is 0 Å².